The van der Waals surface area contributed by atoms with E-state index in [1.54, 1.807) is 18.2 Å². The van der Waals surface area contributed by atoms with Gasteiger partial charge in [-0.15, -0.1) is 0 Å². The SMILES string of the molecule is C[C@H](NC(=O)Nc1ccc(C#N)c(Br)c1)C(=O)O. The van der Waals surface area contributed by atoms with Crippen LogP contribution in [-0.4, -0.2) is 23.1 Å². The number of rotatable bonds is 3. The fourth-order valence-electron chi connectivity index (χ4n) is 1.11. The summed E-state index contributed by atoms with van der Waals surface area (Å²) in [6.45, 7) is 1.36. The van der Waals surface area contributed by atoms with Crippen LogP contribution in [-0.2, 0) is 4.79 Å². The monoisotopic (exact) mass is 311 g/mol. The second kappa shape index (κ2) is 6.02. The molecule has 0 aliphatic carbocycles. The Bertz CT molecular complexity index is 525. The van der Waals surface area contributed by atoms with E-state index in [-0.39, 0.29) is 0 Å². The molecule has 2 amide bonds. The zero-order valence-electron chi connectivity index (χ0n) is 9.40. The molecule has 0 aliphatic heterocycles. The third-order valence-electron chi connectivity index (χ3n) is 2.07. The van der Waals surface area contributed by atoms with Gasteiger partial charge >= 0.3 is 12.0 Å². The van der Waals surface area contributed by atoms with Crippen LogP contribution in [0, 0.1) is 11.3 Å². The first-order chi connectivity index (χ1) is 8.43. The van der Waals surface area contributed by atoms with Crippen molar-refractivity contribution in [3.05, 3.63) is 28.2 Å². The lowest BCUT2D eigenvalue weighted by Crippen LogP contribution is -2.40. The van der Waals surface area contributed by atoms with Gasteiger partial charge in [0.05, 0.1) is 5.56 Å². The Morgan fingerprint density at radius 3 is 2.67 bits per heavy atom. The molecule has 1 aromatic carbocycles. The molecular formula is C11H10BrN3O3. The van der Waals surface area contributed by atoms with Gasteiger partial charge in [-0.3, -0.25) is 4.79 Å². The first-order valence-corrected chi connectivity index (χ1v) is 5.73. The molecule has 0 aromatic heterocycles. The van der Waals surface area contributed by atoms with Crippen molar-refractivity contribution >= 4 is 33.6 Å². The third-order valence-corrected chi connectivity index (χ3v) is 2.72. The number of amides is 2. The maximum Gasteiger partial charge on any atom is 0.325 e. The number of nitriles is 1. The first-order valence-electron chi connectivity index (χ1n) is 4.94. The highest BCUT2D eigenvalue weighted by atomic mass is 79.9. The number of nitrogens with one attached hydrogen (secondary N) is 2. The number of hydrogen-bond acceptors (Lipinski definition) is 3. The minimum Gasteiger partial charge on any atom is -0.480 e. The van der Waals surface area contributed by atoms with Crippen molar-refractivity contribution in [3.8, 4) is 6.07 Å². The number of hydrogen-bond donors (Lipinski definition) is 3. The summed E-state index contributed by atoms with van der Waals surface area (Å²) in [5.74, 6) is -1.12. The van der Waals surface area contributed by atoms with Crippen LogP contribution < -0.4 is 10.6 Å². The van der Waals surface area contributed by atoms with E-state index in [1.165, 1.54) is 6.92 Å². The second-order valence-corrected chi connectivity index (χ2v) is 4.32. The molecule has 0 saturated carbocycles. The van der Waals surface area contributed by atoms with Crippen LogP contribution in [0.2, 0.25) is 0 Å². The molecule has 0 saturated heterocycles. The van der Waals surface area contributed by atoms with Crippen LogP contribution in [0.25, 0.3) is 0 Å². The van der Waals surface area contributed by atoms with Gasteiger partial charge in [0.25, 0.3) is 0 Å². The van der Waals surface area contributed by atoms with Crippen LogP contribution in [0.4, 0.5) is 10.5 Å². The topological polar surface area (TPSA) is 102 Å². The highest BCUT2D eigenvalue weighted by Gasteiger charge is 2.13. The standard InChI is InChI=1S/C11H10BrN3O3/c1-6(10(16)17)14-11(18)15-8-3-2-7(5-13)9(12)4-8/h2-4,6H,1H3,(H,16,17)(H2,14,15,18)/t6-/m0/s1. The highest BCUT2D eigenvalue weighted by molar-refractivity contribution is 9.10. The molecule has 18 heavy (non-hydrogen) atoms. The Kier molecular flexibility index (Phi) is 4.68. The lowest BCUT2D eigenvalue weighted by molar-refractivity contribution is -0.138. The van der Waals surface area contributed by atoms with Crippen LogP contribution in [0.15, 0.2) is 22.7 Å². The van der Waals surface area contributed by atoms with Crippen LogP contribution in [0.5, 0.6) is 0 Å². The zero-order chi connectivity index (χ0) is 13.7. The molecule has 0 spiro atoms. The lowest BCUT2D eigenvalue weighted by Gasteiger charge is -2.11. The number of halogens is 1. The number of benzene rings is 1. The van der Waals surface area contributed by atoms with Gasteiger partial charge in [0.1, 0.15) is 12.1 Å². The molecule has 1 aromatic rings. The molecule has 3 N–H and O–H groups in total. The van der Waals surface area contributed by atoms with Gasteiger partial charge in [-0.05, 0) is 41.1 Å². The molecule has 7 heteroatoms. The third kappa shape index (κ3) is 3.75. The molecule has 0 fully saturated rings. The Labute approximate surface area is 112 Å². The summed E-state index contributed by atoms with van der Waals surface area (Å²) in [5, 5.41) is 22.1. The number of carboxylic acid groups (broad SMARTS) is 1. The van der Waals surface area contributed by atoms with Gasteiger partial charge in [0, 0.05) is 10.2 Å². The summed E-state index contributed by atoms with van der Waals surface area (Å²) >= 11 is 3.18. The molecule has 0 unspecified atom stereocenters. The summed E-state index contributed by atoms with van der Waals surface area (Å²) < 4.78 is 0.550. The maximum atomic E-state index is 11.4. The summed E-state index contributed by atoms with van der Waals surface area (Å²) in [6.07, 6.45) is 0. The van der Waals surface area contributed by atoms with E-state index in [2.05, 4.69) is 26.6 Å². The molecule has 94 valence electrons. The number of anilines is 1. The molecule has 0 bridgehead atoms. The number of carbonyl (C=O) groups excluding carboxylic acids is 1. The summed E-state index contributed by atoms with van der Waals surface area (Å²) in [7, 11) is 0. The van der Waals surface area contributed by atoms with E-state index >= 15 is 0 Å². The molecular weight excluding hydrogens is 302 g/mol. The molecule has 0 aliphatic rings. The lowest BCUT2D eigenvalue weighted by atomic mass is 10.2. The summed E-state index contributed by atoms with van der Waals surface area (Å²) in [4.78, 5) is 22.0. The predicted molar refractivity (Wildman–Crippen MR) is 68.1 cm³/mol. The first kappa shape index (κ1) is 14.0. The van der Waals surface area contributed by atoms with Crippen LogP contribution in [0.1, 0.15) is 12.5 Å². The van der Waals surface area contributed by atoms with Crippen LogP contribution in [0.3, 0.4) is 0 Å². The van der Waals surface area contributed by atoms with E-state index in [0.717, 1.165) is 0 Å². The normalized spacial score (nSPS) is 11.2. The fourth-order valence-corrected chi connectivity index (χ4v) is 1.58. The van der Waals surface area contributed by atoms with Gasteiger partial charge in [0.15, 0.2) is 0 Å². The largest absolute Gasteiger partial charge is 0.480 e. The Hall–Kier alpha value is -2.07. The molecule has 0 radical (unpaired) electrons. The van der Waals surface area contributed by atoms with Gasteiger partial charge in [-0.1, -0.05) is 0 Å². The number of carbonyl (C=O) groups is 2. The number of urea groups is 1. The van der Waals surface area contributed by atoms with E-state index in [0.29, 0.717) is 15.7 Å². The number of carboxylic acids is 1. The van der Waals surface area contributed by atoms with Crippen molar-refractivity contribution < 1.29 is 14.7 Å². The average molecular weight is 312 g/mol. The van der Waals surface area contributed by atoms with Gasteiger partial charge in [0.2, 0.25) is 0 Å². The minimum absolute atomic E-state index is 0.444. The second-order valence-electron chi connectivity index (χ2n) is 3.46. The Morgan fingerprint density at radius 2 is 2.17 bits per heavy atom. The van der Waals surface area contributed by atoms with Crippen molar-refractivity contribution in [2.45, 2.75) is 13.0 Å². The zero-order valence-corrected chi connectivity index (χ0v) is 11.0. The van der Waals surface area contributed by atoms with Crippen molar-refractivity contribution in [1.29, 1.82) is 5.26 Å². The molecule has 1 atom stereocenters. The average Bonchev–Trinajstić information content (AvgIpc) is 2.28. The van der Waals surface area contributed by atoms with E-state index < -0.39 is 18.0 Å². The Morgan fingerprint density at radius 1 is 1.50 bits per heavy atom. The highest BCUT2D eigenvalue weighted by Crippen LogP contribution is 2.20. The predicted octanol–water partition coefficient (Wildman–Crippen LogP) is 1.92. The van der Waals surface area contributed by atoms with E-state index in [4.69, 9.17) is 10.4 Å². The van der Waals surface area contributed by atoms with Crippen molar-refractivity contribution in [3.63, 3.8) is 0 Å². The van der Waals surface area contributed by atoms with Crippen LogP contribution >= 0.6 is 15.9 Å². The van der Waals surface area contributed by atoms with Crippen molar-refractivity contribution in [1.82, 2.24) is 5.32 Å². The van der Waals surface area contributed by atoms with Gasteiger partial charge < -0.3 is 15.7 Å². The van der Waals surface area contributed by atoms with Gasteiger partial charge in [-0.2, -0.15) is 5.26 Å². The van der Waals surface area contributed by atoms with Crippen molar-refractivity contribution in [2.24, 2.45) is 0 Å². The molecule has 6 nitrogen and oxygen atoms in total. The fraction of sp³-hybridized carbons (Fsp3) is 0.182. The number of aliphatic carboxylic acids is 1. The quantitative estimate of drug-likeness (QED) is 0.793. The maximum absolute atomic E-state index is 11.4. The van der Waals surface area contributed by atoms with E-state index in [9.17, 15) is 9.59 Å². The van der Waals surface area contributed by atoms with E-state index in [1.807, 2.05) is 6.07 Å². The molecule has 0 heterocycles. The van der Waals surface area contributed by atoms with Crippen molar-refractivity contribution in [2.75, 3.05) is 5.32 Å². The summed E-state index contributed by atoms with van der Waals surface area (Å²) in [6, 6.07) is 5.02. The smallest absolute Gasteiger partial charge is 0.325 e. The molecule has 1 rings (SSSR count). The van der Waals surface area contributed by atoms with Gasteiger partial charge in [-0.25, -0.2) is 4.79 Å². The minimum atomic E-state index is -1.12. The number of nitrogens with zero attached hydrogens (tertiary/aromatic N) is 1. The Balaban J connectivity index is 2.69. The summed E-state index contributed by atoms with van der Waals surface area (Å²) in [5.41, 5.74) is 0.899.